The molecule has 0 rings (SSSR count). The van der Waals surface area contributed by atoms with Crippen molar-refractivity contribution in [1.82, 2.24) is 0 Å². The fourth-order valence-electron chi connectivity index (χ4n) is 0.546. The normalized spacial score (nSPS) is 14.9. The molecule has 2 heteroatoms. The van der Waals surface area contributed by atoms with E-state index in [1.54, 1.807) is 24.6 Å². The SMILES string of the molecule is C=C/C=N\C=C(/C=C)C(C)N. The highest BCUT2D eigenvalue weighted by Gasteiger charge is 1.95. The van der Waals surface area contributed by atoms with Crippen molar-refractivity contribution in [1.29, 1.82) is 0 Å². The molecule has 0 aliphatic heterocycles. The maximum atomic E-state index is 5.59. The monoisotopic (exact) mass is 150 g/mol. The first kappa shape index (κ1) is 9.85. The van der Waals surface area contributed by atoms with Crippen LogP contribution in [0.1, 0.15) is 6.92 Å². The molecule has 0 fully saturated rings. The van der Waals surface area contributed by atoms with Crippen molar-refractivity contribution in [2.75, 3.05) is 0 Å². The van der Waals surface area contributed by atoms with Crippen LogP contribution in [0, 0.1) is 0 Å². The van der Waals surface area contributed by atoms with Gasteiger partial charge in [0.1, 0.15) is 0 Å². The molecule has 1 unspecified atom stereocenters. The van der Waals surface area contributed by atoms with Crippen LogP contribution < -0.4 is 5.73 Å². The summed E-state index contributed by atoms with van der Waals surface area (Å²) in [7, 11) is 0. The molecule has 0 saturated heterocycles. The summed E-state index contributed by atoms with van der Waals surface area (Å²) in [5.41, 5.74) is 6.51. The largest absolute Gasteiger partial charge is 0.324 e. The van der Waals surface area contributed by atoms with Crippen LogP contribution in [0.2, 0.25) is 0 Å². The van der Waals surface area contributed by atoms with Gasteiger partial charge in [0.05, 0.1) is 0 Å². The van der Waals surface area contributed by atoms with Crippen LogP contribution in [0.25, 0.3) is 0 Å². The van der Waals surface area contributed by atoms with Crippen LogP contribution in [0.15, 0.2) is 42.1 Å². The summed E-state index contributed by atoms with van der Waals surface area (Å²) in [5.74, 6) is 0. The third-order valence-corrected chi connectivity index (χ3v) is 1.18. The van der Waals surface area contributed by atoms with Gasteiger partial charge in [0.15, 0.2) is 0 Å². The summed E-state index contributed by atoms with van der Waals surface area (Å²) in [5, 5.41) is 0. The van der Waals surface area contributed by atoms with Crippen molar-refractivity contribution in [3.8, 4) is 0 Å². The predicted molar refractivity (Wildman–Crippen MR) is 50.6 cm³/mol. The Hall–Kier alpha value is -1.15. The fraction of sp³-hybridized carbons (Fsp3) is 0.222. The van der Waals surface area contributed by atoms with Crippen molar-refractivity contribution in [2.24, 2.45) is 10.7 Å². The van der Waals surface area contributed by atoms with Crippen molar-refractivity contribution in [2.45, 2.75) is 13.0 Å². The maximum absolute atomic E-state index is 5.59. The summed E-state index contributed by atoms with van der Waals surface area (Å²) in [4.78, 5) is 3.93. The zero-order valence-corrected chi connectivity index (χ0v) is 6.83. The molecule has 0 saturated carbocycles. The predicted octanol–water partition coefficient (Wildman–Crippen LogP) is 1.66. The minimum absolute atomic E-state index is 0.0190. The number of hydrogen-bond donors (Lipinski definition) is 1. The molecule has 0 radical (unpaired) electrons. The minimum Gasteiger partial charge on any atom is -0.324 e. The second-order valence-corrected chi connectivity index (χ2v) is 2.16. The number of rotatable bonds is 4. The van der Waals surface area contributed by atoms with Crippen LogP contribution >= 0.6 is 0 Å². The molecule has 0 heterocycles. The lowest BCUT2D eigenvalue weighted by molar-refractivity contribution is 0.882. The quantitative estimate of drug-likeness (QED) is 0.480. The standard InChI is InChI=1S/C9H14N2/c1-4-6-11-7-9(5-2)8(3)10/h4-8H,1-2,10H2,3H3/b9-7+,11-6-. The molecule has 0 aromatic heterocycles. The first-order valence-electron chi connectivity index (χ1n) is 3.44. The van der Waals surface area contributed by atoms with Crippen LogP contribution in [-0.2, 0) is 0 Å². The van der Waals surface area contributed by atoms with Gasteiger partial charge < -0.3 is 5.73 Å². The van der Waals surface area contributed by atoms with Gasteiger partial charge in [0.2, 0.25) is 0 Å². The molecule has 0 spiro atoms. The van der Waals surface area contributed by atoms with Crippen molar-refractivity contribution in [3.05, 3.63) is 37.1 Å². The minimum atomic E-state index is -0.0190. The first-order valence-corrected chi connectivity index (χ1v) is 3.44. The van der Waals surface area contributed by atoms with E-state index < -0.39 is 0 Å². The summed E-state index contributed by atoms with van der Waals surface area (Å²) in [6, 6.07) is -0.0190. The third kappa shape index (κ3) is 4.28. The number of aliphatic imine (C=N–C) groups is 1. The lowest BCUT2D eigenvalue weighted by atomic mass is 10.1. The summed E-state index contributed by atoms with van der Waals surface area (Å²) in [6.45, 7) is 8.99. The molecule has 2 nitrogen and oxygen atoms in total. The molecule has 0 aliphatic rings. The van der Waals surface area contributed by atoms with Crippen LogP contribution in [-0.4, -0.2) is 12.3 Å². The third-order valence-electron chi connectivity index (χ3n) is 1.18. The number of nitrogens with zero attached hydrogens (tertiary/aromatic N) is 1. The molecule has 11 heavy (non-hydrogen) atoms. The van der Waals surface area contributed by atoms with E-state index in [1.165, 1.54) is 0 Å². The molecule has 1 atom stereocenters. The van der Waals surface area contributed by atoms with Gasteiger partial charge in [-0.2, -0.15) is 0 Å². The first-order chi connectivity index (χ1) is 5.22. The Bertz CT molecular complexity index is 188. The summed E-state index contributed by atoms with van der Waals surface area (Å²) >= 11 is 0. The molecule has 2 N–H and O–H groups in total. The molecular weight excluding hydrogens is 136 g/mol. The maximum Gasteiger partial charge on any atom is 0.0315 e. The van der Waals surface area contributed by atoms with E-state index in [4.69, 9.17) is 5.73 Å². The van der Waals surface area contributed by atoms with E-state index in [0.29, 0.717) is 0 Å². The Morgan fingerprint density at radius 1 is 1.55 bits per heavy atom. The topological polar surface area (TPSA) is 38.4 Å². The zero-order valence-electron chi connectivity index (χ0n) is 6.83. The molecule has 0 bridgehead atoms. The van der Waals surface area contributed by atoms with Gasteiger partial charge in [0, 0.05) is 18.5 Å². The molecule has 0 aliphatic carbocycles. The number of allylic oxidation sites excluding steroid dienone is 1. The van der Waals surface area contributed by atoms with Gasteiger partial charge in [-0.1, -0.05) is 25.3 Å². The van der Waals surface area contributed by atoms with Gasteiger partial charge in [-0.3, -0.25) is 4.99 Å². The number of hydrogen-bond acceptors (Lipinski definition) is 2. The average molecular weight is 150 g/mol. The van der Waals surface area contributed by atoms with Crippen LogP contribution in [0.4, 0.5) is 0 Å². The Morgan fingerprint density at radius 2 is 2.18 bits per heavy atom. The van der Waals surface area contributed by atoms with E-state index in [9.17, 15) is 0 Å². The average Bonchev–Trinajstić information content (AvgIpc) is 1.97. The van der Waals surface area contributed by atoms with Gasteiger partial charge in [-0.25, -0.2) is 0 Å². The van der Waals surface area contributed by atoms with E-state index in [0.717, 1.165) is 5.57 Å². The Kier molecular flexibility index (Phi) is 5.03. The van der Waals surface area contributed by atoms with Crippen molar-refractivity contribution >= 4 is 6.21 Å². The molecule has 0 amide bonds. The Labute approximate surface area is 67.8 Å². The molecular formula is C9H14N2. The van der Waals surface area contributed by atoms with Gasteiger partial charge >= 0.3 is 0 Å². The van der Waals surface area contributed by atoms with Crippen LogP contribution in [0.3, 0.4) is 0 Å². The van der Waals surface area contributed by atoms with Gasteiger partial charge in [0.25, 0.3) is 0 Å². The van der Waals surface area contributed by atoms with E-state index in [2.05, 4.69) is 18.2 Å². The second kappa shape index (κ2) is 5.62. The zero-order chi connectivity index (χ0) is 8.69. The lowest BCUT2D eigenvalue weighted by Crippen LogP contribution is -2.16. The van der Waals surface area contributed by atoms with Gasteiger partial charge in [-0.15, -0.1) is 0 Å². The lowest BCUT2D eigenvalue weighted by Gasteiger charge is -2.02. The van der Waals surface area contributed by atoms with Gasteiger partial charge in [-0.05, 0) is 12.5 Å². The van der Waals surface area contributed by atoms with Crippen molar-refractivity contribution in [3.63, 3.8) is 0 Å². The highest BCUT2D eigenvalue weighted by Crippen LogP contribution is 1.99. The van der Waals surface area contributed by atoms with E-state index >= 15 is 0 Å². The summed E-state index contributed by atoms with van der Waals surface area (Å²) < 4.78 is 0. The highest BCUT2D eigenvalue weighted by molar-refractivity contribution is 5.70. The highest BCUT2D eigenvalue weighted by atomic mass is 14.7. The summed E-state index contributed by atoms with van der Waals surface area (Å²) in [6.07, 6.45) is 6.59. The van der Waals surface area contributed by atoms with E-state index in [1.807, 2.05) is 6.92 Å². The van der Waals surface area contributed by atoms with E-state index in [-0.39, 0.29) is 6.04 Å². The number of nitrogens with two attached hydrogens (primary N) is 1. The molecule has 60 valence electrons. The Balaban J connectivity index is 4.23. The fourth-order valence-corrected chi connectivity index (χ4v) is 0.546. The van der Waals surface area contributed by atoms with Crippen molar-refractivity contribution < 1.29 is 0 Å². The van der Waals surface area contributed by atoms with Crippen LogP contribution in [0.5, 0.6) is 0 Å². The molecule has 0 aromatic carbocycles. The Morgan fingerprint density at radius 3 is 2.55 bits per heavy atom. The second-order valence-electron chi connectivity index (χ2n) is 2.16. The smallest absolute Gasteiger partial charge is 0.0315 e. The molecule has 0 aromatic rings.